The van der Waals surface area contributed by atoms with Crippen LogP contribution in [0.2, 0.25) is 0 Å². The summed E-state index contributed by atoms with van der Waals surface area (Å²) in [6.45, 7) is 0. The SMILES string of the molecule is O=C(N[C@H](Cc1ccccc1)C(=O)O)c1cccc(=O)[nH]1. The zero-order valence-corrected chi connectivity index (χ0v) is 11.1. The largest absolute Gasteiger partial charge is 0.480 e. The number of rotatable bonds is 5. The molecule has 0 aliphatic rings. The molecule has 1 aromatic heterocycles. The van der Waals surface area contributed by atoms with Crippen LogP contribution in [0.3, 0.4) is 0 Å². The Morgan fingerprint density at radius 3 is 2.43 bits per heavy atom. The Kier molecular flexibility index (Phi) is 4.50. The molecule has 0 radical (unpaired) electrons. The number of aromatic nitrogens is 1. The van der Waals surface area contributed by atoms with Crippen molar-refractivity contribution in [1.82, 2.24) is 10.3 Å². The van der Waals surface area contributed by atoms with Gasteiger partial charge in [-0.15, -0.1) is 0 Å². The lowest BCUT2D eigenvalue weighted by molar-refractivity contribution is -0.139. The number of pyridine rings is 1. The molecule has 0 unspecified atom stereocenters. The molecule has 2 rings (SSSR count). The molecule has 1 amide bonds. The molecule has 0 fully saturated rings. The van der Waals surface area contributed by atoms with Gasteiger partial charge in [-0.2, -0.15) is 0 Å². The molecule has 0 saturated carbocycles. The summed E-state index contributed by atoms with van der Waals surface area (Å²) in [5, 5.41) is 11.6. The minimum atomic E-state index is -1.13. The van der Waals surface area contributed by atoms with Gasteiger partial charge < -0.3 is 15.4 Å². The van der Waals surface area contributed by atoms with E-state index in [-0.39, 0.29) is 12.1 Å². The summed E-state index contributed by atoms with van der Waals surface area (Å²) in [5.41, 5.74) is 0.408. The van der Waals surface area contributed by atoms with E-state index in [1.807, 2.05) is 6.07 Å². The number of carbonyl (C=O) groups excluding carboxylic acids is 1. The standard InChI is InChI=1S/C15H14N2O4/c18-13-8-4-7-11(16-13)14(19)17-12(15(20)21)9-10-5-2-1-3-6-10/h1-8,12H,9H2,(H,16,18)(H,17,19)(H,20,21)/t12-/m1/s1. The van der Waals surface area contributed by atoms with E-state index >= 15 is 0 Å². The van der Waals surface area contributed by atoms with Gasteiger partial charge in [-0.1, -0.05) is 36.4 Å². The molecule has 1 aromatic carbocycles. The lowest BCUT2D eigenvalue weighted by Crippen LogP contribution is -2.42. The molecule has 6 nitrogen and oxygen atoms in total. The van der Waals surface area contributed by atoms with Crippen LogP contribution in [0.5, 0.6) is 0 Å². The molecule has 0 bridgehead atoms. The molecular weight excluding hydrogens is 272 g/mol. The first kappa shape index (κ1) is 14.5. The van der Waals surface area contributed by atoms with Crippen molar-refractivity contribution in [3.8, 4) is 0 Å². The molecule has 0 saturated heterocycles. The molecular formula is C15H14N2O4. The summed E-state index contributed by atoms with van der Waals surface area (Å²) in [4.78, 5) is 36.7. The maximum atomic E-state index is 12.0. The van der Waals surface area contributed by atoms with Crippen LogP contribution in [0.1, 0.15) is 16.1 Å². The number of carbonyl (C=O) groups is 2. The van der Waals surface area contributed by atoms with E-state index in [1.165, 1.54) is 18.2 Å². The molecule has 1 heterocycles. The van der Waals surface area contributed by atoms with Gasteiger partial charge in [-0.3, -0.25) is 9.59 Å². The van der Waals surface area contributed by atoms with Crippen LogP contribution in [0, 0.1) is 0 Å². The molecule has 21 heavy (non-hydrogen) atoms. The van der Waals surface area contributed by atoms with Crippen molar-refractivity contribution in [2.75, 3.05) is 0 Å². The van der Waals surface area contributed by atoms with Crippen LogP contribution in [0.15, 0.2) is 53.3 Å². The van der Waals surface area contributed by atoms with E-state index in [4.69, 9.17) is 0 Å². The molecule has 108 valence electrons. The van der Waals surface area contributed by atoms with Crippen molar-refractivity contribution in [2.24, 2.45) is 0 Å². The zero-order valence-electron chi connectivity index (χ0n) is 11.1. The smallest absolute Gasteiger partial charge is 0.326 e. The lowest BCUT2D eigenvalue weighted by Gasteiger charge is -2.14. The summed E-state index contributed by atoms with van der Waals surface area (Å²) in [7, 11) is 0. The van der Waals surface area contributed by atoms with Gasteiger partial charge in [-0.05, 0) is 11.6 Å². The highest BCUT2D eigenvalue weighted by Gasteiger charge is 2.21. The number of aromatic amines is 1. The van der Waals surface area contributed by atoms with Crippen LogP contribution in [0.25, 0.3) is 0 Å². The van der Waals surface area contributed by atoms with Crippen molar-refractivity contribution >= 4 is 11.9 Å². The normalized spacial score (nSPS) is 11.6. The van der Waals surface area contributed by atoms with Gasteiger partial charge in [0.2, 0.25) is 5.56 Å². The lowest BCUT2D eigenvalue weighted by atomic mass is 10.1. The van der Waals surface area contributed by atoms with Gasteiger partial charge in [0.25, 0.3) is 5.91 Å². The van der Waals surface area contributed by atoms with Crippen LogP contribution < -0.4 is 10.9 Å². The molecule has 3 N–H and O–H groups in total. The zero-order chi connectivity index (χ0) is 15.2. The van der Waals surface area contributed by atoms with Crippen molar-refractivity contribution in [3.05, 3.63) is 70.1 Å². The van der Waals surface area contributed by atoms with Gasteiger partial charge in [-0.25, -0.2) is 4.79 Å². The van der Waals surface area contributed by atoms with Gasteiger partial charge in [0.1, 0.15) is 11.7 Å². The van der Waals surface area contributed by atoms with E-state index in [2.05, 4.69) is 10.3 Å². The van der Waals surface area contributed by atoms with Gasteiger partial charge in [0.15, 0.2) is 0 Å². The highest BCUT2D eigenvalue weighted by atomic mass is 16.4. The topological polar surface area (TPSA) is 99.3 Å². The average Bonchev–Trinajstić information content (AvgIpc) is 2.47. The van der Waals surface area contributed by atoms with Crippen molar-refractivity contribution < 1.29 is 14.7 Å². The summed E-state index contributed by atoms with van der Waals surface area (Å²) >= 11 is 0. The van der Waals surface area contributed by atoms with E-state index < -0.39 is 23.5 Å². The number of carboxylic acid groups (broad SMARTS) is 1. The van der Waals surface area contributed by atoms with Crippen LogP contribution in [0.4, 0.5) is 0 Å². The fourth-order valence-electron chi connectivity index (χ4n) is 1.87. The van der Waals surface area contributed by atoms with E-state index in [9.17, 15) is 19.5 Å². The Bertz CT molecular complexity index is 694. The molecule has 0 aliphatic carbocycles. The first-order valence-electron chi connectivity index (χ1n) is 6.33. The number of benzene rings is 1. The second kappa shape index (κ2) is 6.51. The average molecular weight is 286 g/mol. The number of H-pyrrole nitrogens is 1. The maximum Gasteiger partial charge on any atom is 0.326 e. The van der Waals surface area contributed by atoms with Gasteiger partial charge >= 0.3 is 5.97 Å². The Morgan fingerprint density at radius 2 is 1.81 bits per heavy atom. The Morgan fingerprint density at radius 1 is 1.10 bits per heavy atom. The minimum absolute atomic E-state index is 0.0295. The maximum absolute atomic E-state index is 12.0. The summed E-state index contributed by atoms with van der Waals surface area (Å²) < 4.78 is 0. The Hall–Kier alpha value is -2.89. The second-order valence-corrected chi connectivity index (χ2v) is 4.48. The Labute approximate surface area is 120 Å². The molecule has 6 heteroatoms. The van der Waals surface area contributed by atoms with Crippen LogP contribution >= 0.6 is 0 Å². The van der Waals surface area contributed by atoms with E-state index in [0.29, 0.717) is 0 Å². The number of aliphatic carboxylic acids is 1. The number of amides is 1. The summed E-state index contributed by atoms with van der Waals surface area (Å²) in [5.74, 6) is -1.76. The molecule has 2 aromatic rings. The third kappa shape index (κ3) is 4.04. The first-order valence-corrected chi connectivity index (χ1v) is 6.33. The van der Waals surface area contributed by atoms with Crippen LogP contribution in [-0.2, 0) is 11.2 Å². The van der Waals surface area contributed by atoms with Crippen LogP contribution in [-0.4, -0.2) is 28.0 Å². The monoisotopic (exact) mass is 286 g/mol. The van der Waals surface area contributed by atoms with Gasteiger partial charge in [0.05, 0.1) is 0 Å². The van der Waals surface area contributed by atoms with Crippen molar-refractivity contribution in [2.45, 2.75) is 12.5 Å². The minimum Gasteiger partial charge on any atom is -0.480 e. The highest BCUT2D eigenvalue weighted by Crippen LogP contribution is 2.04. The predicted molar refractivity (Wildman–Crippen MR) is 76.1 cm³/mol. The molecule has 1 atom stereocenters. The third-order valence-electron chi connectivity index (χ3n) is 2.90. The summed E-state index contributed by atoms with van der Waals surface area (Å²) in [6, 6.07) is 12.0. The highest BCUT2D eigenvalue weighted by molar-refractivity contribution is 5.94. The predicted octanol–water partition coefficient (Wildman–Crippen LogP) is 0.801. The Balaban J connectivity index is 2.11. The fourth-order valence-corrected chi connectivity index (χ4v) is 1.87. The van der Waals surface area contributed by atoms with Gasteiger partial charge in [0, 0.05) is 12.5 Å². The number of carboxylic acids is 1. The number of nitrogens with one attached hydrogen (secondary N) is 2. The second-order valence-electron chi connectivity index (χ2n) is 4.48. The third-order valence-corrected chi connectivity index (χ3v) is 2.90. The summed E-state index contributed by atoms with van der Waals surface area (Å²) in [6.07, 6.45) is 0.166. The van der Waals surface area contributed by atoms with E-state index in [0.717, 1.165) is 5.56 Å². The number of hydrogen-bond acceptors (Lipinski definition) is 3. The van der Waals surface area contributed by atoms with Crippen molar-refractivity contribution in [3.63, 3.8) is 0 Å². The molecule has 0 spiro atoms. The quantitative estimate of drug-likeness (QED) is 0.757. The van der Waals surface area contributed by atoms with Crippen molar-refractivity contribution in [1.29, 1.82) is 0 Å². The van der Waals surface area contributed by atoms with E-state index in [1.54, 1.807) is 24.3 Å². The fraction of sp³-hybridized carbons (Fsp3) is 0.133. The first-order chi connectivity index (χ1) is 10.1. The number of hydrogen-bond donors (Lipinski definition) is 3. The molecule has 0 aliphatic heterocycles.